The number of phenolic OH excluding ortho intramolecular Hbond substituents is 1. The number of aromatic hydroxyl groups is 1. The SMILES string of the molecule is CCOc1cc([C@H]2Nc3ccc(Br)cc3-c3c(=O)[nH]c(SCC)n[n+]32)cc(Br)c1O. The number of anilines is 1. The second-order valence-electron chi connectivity index (χ2n) is 6.50. The van der Waals surface area contributed by atoms with Gasteiger partial charge in [0.05, 0.1) is 22.3 Å². The minimum absolute atomic E-state index is 0.0343. The maximum absolute atomic E-state index is 13.1. The number of hydrogen-bond acceptors (Lipinski definition) is 6. The lowest BCUT2D eigenvalue weighted by Gasteiger charge is -2.23. The van der Waals surface area contributed by atoms with E-state index < -0.39 is 6.17 Å². The molecule has 0 saturated carbocycles. The van der Waals surface area contributed by atoms with E-state index in [1.54, 1.807) is 16.8 Å². The Hall–Kier alpha value is -2.04. The molecule has 1 aliphatic rings. The topological polar surface area (TPSA) is 91.1 Å². The Kier molecular flexibility index (Phi) is 6.08. The summed E-state index contributed by atoms with van der Waals surface area (Å²) in [5, 5.41) is 19.0. The molecule has 30 heavy (non-hydrogen) atoms. The van der Waals surface area contributed by atoms with Gasteiger partial charge in [0.2, 0.25) is 5.16 Å². The molecular formula is C20H19Br2N4O3S+. The predicted octanol–water partition coefficient (Wildman–Crippen LogP) is 4.44. The van der Waals surface area contributed by atoms with E-state index in [4.69, 9.17) is 9.84 Å². The fraction of sp³-hybridized carbons (Fsp3) is 0.250. The average molecular weight is 555 g/mol. The molecule has 7 nitrogen and oxygen atoms in total. The first-order chi connectivity index (χ1) is 14.4. The summed E-state index contributed by atoms with van der Waals surface area (Å²) in [6.07, 6.45) is -0.469. The zero-order chi connectivity index (χ0) is 21.4. The van der Waals surface area contributed by atoms with E-state index in [1.807, 2.05) is 32.0 Å². The highest BCUT2D eigenvalue weighted by Crippen LogP contribution is 2.39. The second kappa shape index (κ2) is 8.60. The van der Waals surface area contributed by atoms with E-state index in [1.165, 1.54) is 11.8 Å². The molecule has 2 heterocycles. The van der Waals surface area contributed by atoms with E-state index in [0.29, 0.717) is 27.7 Å². The molecule has 1 aromatic heterocycles. The van der Waals surface area contributed by atoms with Crippen LogP contribution in [0.3, 0.4) is 0 Å². The molecule has 0 amide bonds. The van der Waals surface area contributed by atoms with Gasteiger partial charge in [0.25, 0.3) is 6.17 Å². The summed E-state index contributed by atoms with van der Waals surface area (Å²) < 4.78 is 8.66. The molecule has 0 radical (unpaired) electrons. The van der Waals surface area contributed by atoms with Gasteiger partial charge in [-0.05, 0) is 63.6 Å². The Bertz CT molecular complexity index is 1190. The van der Waals surface area contributed by atoms with Gasteiger partial charge < -0.3 is 15.2 Å². The molecule has 0 spiro atoms. The van der Waals surface area contributed by atoms with Gasteiger partial charge in [-0.15, -0.1) is 0 Å². The number of rotatable bonds is 5. The standard InChI is InChI=1S/C20H18Br2N4O3S/c1-3-29-15-8-10(7-13(22)17(15)27)18-23-14-6-5-11(21)9-12(14)16-19(28)24-20(30-4-2)25-26(16)18/h5-9,18H,3-4H2,1-2H3,(H2,24,25,27,28)/p+1/t18-/m0/s1. The summed E-state index contributed by atoms with van der Waals surface area (Å²) in [5.41, 5.74) is 2.60. The van der Waals surface area contributed by atoms with Crippen LogP contribution in [0.1, 0.15) is 25.6 Å². The van der Waals surface area contributed by atoms with Crippen molar-refractivity contribution >= 4 is 49.3 Å². The van der Waals surface area contributed by atoms with Gasteiger partial charge in [0, 0.05) is 15.1 Å². The number of nitrogens with zero attached hydrogens (tertiary/aromatic N) is 2. The van der Waals surface area contributed by atoms with Gasteiger partial charge in [0.1, 0.15) is 0 Å². The van der Waals surface area contributed by atoms with Crippen LogP contribution >= 0.6 is 43.6 Å². The van der Waals surface area contributed by atoms with Crippen LogP contribution in [0, 0.1) is 0 Å². The molecule has 2 aromatic carbocycles. The van der Waals surface area contributed by atoms with Gasteiger partial charge in [0.15, 0.2) is 11.5 Å². The summed E-state index contributed by atoms with van der Waals surface area (Å²) in [7, 11) is 0. The molecule has 0 unspecified atom stereocenters. The van der Waals surface area contributed by atoms with Gasteiger partial charge in [-0.25, -0.2) is 0 Å². The van der Waals surface area contributed by atoms with Crippen molar-refractivity contribution in [2.45, 2.75) is 25.2 Å². The van der Waals surface area contributed by atoms with Crippen molar-refractivity contribution in [3.8, 4) is 22.8 Å². The van der Waals surface area contributed by atoms with E-state index in [0.717, 1.165) is 27.0 Å². The van der Waals surface area contributed by atoms with Crippen LogP contribution in [0.25, 0.3) is 11.3 Å². The monoisotopic (exact) mass is 553 g/mol. The zero-order valence-corrected chi connectivity index (χ0v) is 20.2. The Morgan fingerprint density at radius 1 is 1.27 bits per heavy atom. The van der Waals surface area contributed by atoms with Gasteiger partial charge >= 0.3 is 11.3 Å². The van der Waals surface area contributed by atoms with Crippen LogP contribution in [0.4, 0.5) is 5.69 Å². The van der Waals surface area contributed by atoms with Gasteiger partial charge in [-0.3, -0.25) is 9.78 Å². The quantitative estimate of drug-likeness (QED) is 0.319. The van der Waals surface area contributed by atoms with Crippen LogP contribution in [-0.2, 0) is 0 Å². The van der Waals surface area contributed by atoms with Crippen molar-refractivity contribution in [3.05, 3.63) is 55.2 Å². The maximum atomic E-state index is 13.1. The fourth-order valence-electron chi connectivity index (χ4n) is 3.36. The summed E-state index contributed by atoms with van der Waals surface area (Å²) in [6, 6.07) is 9.29. The highest BCUT2D eigenvalue weighted by Gasteiger charge is 2.38. The smallest absolute Gasteiger partial charge is 0.325 e. The third-order valence-corrected chi connectivity index (χ3v) is 6.43. The summed E-state index contributed by atoms with van der Waals surface area (Å²) in [5.74, 6) is 1.18. The predicted molar refractivity (Wildman–Crippen MR) is 123 cm³/mol. The third kappa shape index (κ3) is 3.83. The largest absolute Gasteiger partial charge is 0.503 e. The summed E-state index contributed by atoms with van der Waals surface area (Å²) in [4.78, 5) is 15.9. The molecule has 156 valence electrons. The summed E-state index contributed by atoms with van der Waals surface area (Å²) >= 11 is 8.35. The molecule has 4 rings (SSSR count). The minimum atomic E-state index is -0.469. The molecule has 1 aliphatic heterocycles. The number of aromatic nitrogens is 3. The number of phenols is 1. The van der Waals surface area contributed by atoms with Crippen LogP contribution in [0.5, 0.6) is 11.5 Å². The van der Waals surface area contributed by atoms with Crippen molar-refractivity contribution in [2.24, 2.45) is 0 Å². The first-order valence-electron chi connectivity index (χ1n) is 9.33. The van der Waals surface area contributed by atoms with E-state index >= 15 is 0 Å². The fourth-order valence-corrected chi connectivity index (χ4v) is 4.76. The summed E-state index contributed by atoms with van der Waals surface area (Å²) in [6.45, 7) is 4.27. The van der Waals surface area contributed by atoms with Crippen molar-refractivity contribution in [1.29, 1.82) is 0 Å². The number of fused-ring (bicyclic) bond motifs is 3. The average Bonchev–Trinajstić information content (AvgIpc) is 2.71. The number of ether oxygens (including phenoxy) is 1. The number of nitrogens with one attached hydrogen (secondary N) is 2. The number of hydrogen-bond donors (Lipinski definition) is 3. The third-order valence-electron chi connectivity index (χ3n) is 4.58. The number of halogens is 2. The molecule has 0 saturated heterocycles. The highest BCUT2D eigenvalue weighted by molar-refractivity contribution is 9.10. The lowest BCUT2D eigenvalue weighted by atomic mass is 10.0. The van der Waals surface area contributed by atoms with Crippen LogP contribution in [-0.4, -0.2) is 27.5 Å². The number of benzene rings is 2. The Labute approximate surface area is 194 Å². The first-order valence-corrected chi connectivity index (χ1v) is 11.9. The Morgan fingerprint density at radius 2 is 2.07 bits per heavy atom. The van der Waals surface area contributed by atoms with Gasteiger partial charge in [-0.1, -0.05) is 34.6 Å². The Balaban J connectivity index is 1.96. The molecule has 0 fully saturated rings. The molecule has 0 aliphatic carbocycles. The Morgan fingerprint density at radius 3 is 2.80 bits per heavy atom. The molecule has 0 bridgehead atoms. The second-order valence-corrected chi connectivity index (χ2v) is 9.53. The number of H-pyrrole nitrogens is 1. The van der Waals surface area contributed by atoms with Crippen molar-refractivity contribution in [3.63, 3.8) is 0 Å². The highest BCUT2D eigenvalue weighted by atomic mass is 79.9. The minimum Gasteiger partial charge on any atom is -0.503 e. The molecule has 3 aromatic rings. The zero-order valence-electron chi connectivity index (χ0n) is 16.2. The lowest BCUT2D eigenvalue weighted by Crippen LogP contribution is -2.55. The number of aromatic amines is 1. The van der Waals surface area contributed by atoms with E-state index in [9.17, 15) is 9.90 Å². The lowest BCUT2D eigenvalue weighted by molar-refractivity contribution is -0.759. The van der Waals surface area contributed by atoms with E-state index in [-0.39, 0.29) is 11.3 Å². The van der Waals surface area contributed by atoms with Crippen molar-refractivity contribution in [2.75, 3.05) is 17.7 Å². The van der Waals surface area contributed by atoms with Crippen LogP contribution in [0.15, 0.2) is 49.2 Å². The maximum Gasteiger partial charge on any atom is 0.325 e. The normalized spacial score (nSPS) is 14.6. The molecule has 1 atom stereocenters. The van der Waals surface area contributed by atoms with Crippen LogP contribution in [0.2, 0.25) is 0 Å². The first kappa shape index (κ1) is 21.2. The van der Waals surface area contributed by atoms with Crippen LogP contribution < -0.4 is 20.3 Å². The van der Waals surface area contributed by atoms with Crippen molar-refractivity contribution < 1.29 is 14.5 Å². The molecule has 3 N–H and O–H groups in total. The molecular weight excluding hydrogens is 536 g/mol. The van der Waals surface area contributed by atoms with Gasteiger partial charge in [-0.2, -0.15) is 0 Å². The number of thioether (sulfide) groups is 1. The van der Waals surface area contributed by atoms with E-state index in [2.05, 4.69) is 42.2 Å². The van der Waals surface area contributed by atoms with Crippen molar-refractivity contribution in [1.82, 2.24) is 10.1 Å². The molecule has 10 heteroatoms.